The molecule has 4 N–H and O–H groups in total. The largest absolute Gasteiger partial charge is 0.325 e. The van der Waals surface area contributed by atoms with Gasteiger partial charge in [-0.15, -0.1) is 0 Å². The summed E-state index contributed by atoms with van der Waals surface area (Å²) in [5, 5.41) is 2.64. The molecule has 106 valence electrons. The standard InChI is InChI=1S/C15H12FN3O2/c16-9-4-1-3-8(7-9)10-5-2-6-11-12(10)13(14(20)18-11)15(21)19-17/h1-7,13H,17H2,(H,18,20)(H,19,21). The number of hydrazine groups is 1. The molecule has 0 aliphatic carbocycles. The van der Waals surface area contributed by atoms with Crippen LogP contribution in [-0.2, 0) is 9.59 Å². The SMILES string of the molecule is NNC(=O)C1C(=O)Nc2cccc(-c3cccc(F)c3)c21. The molecule has 1 aliphatic heterocycles. The van der Waals surface area contributed by atoms with Crippen LogP contribution in [0.4, 0.5) is 10.1 Å². The maximum absolute atomic E-state index is 13.4. The second-order valence-corrected chi connectivity index (χ2v) is 4.71. The van der Waals surface area contributed by atoms with Gasteiger partial charge in [0.1, 0.15) is 11.7 Å². The number of benzene rings is 2. The minimum absolute atomic E-state index is 0.387. The van der Waals surface area contributed by atoms with Gasteiger partial charge in [-0.1, -0.05) is 24.3 Å². The summed E-state index contributed by atoms with van der Waals surface area (Å²) in [5.74, 6) is 2.67. The zero-order valence-corrected chi connectivity index (χ0v) is 10.9. The summed E-state index contributed by atoms with van der Waals surface area (Å²) >= 11 is 0. The Hall–Kier alpha value is -2.73. The van der Waals surface area contributed by atoms with E-state index in [1.165, 1.54) is 12.1 Å². The highest BCUT2D eigenvalue weighted by atomic mass is 19.1. The molecule has 1 atom stereocenters. The summed E-state index contributed by atoms with van der Waals surface area (Å²) in [6.45, 7) is 0. The molecule has 21 heavy (non-hydrogen) atoms. The van der Waals surface area contributed by atoms with Crippen LogP contribution >= 0.6 is 0 Å². The molecule has 0 fully saturated rings. The van der Waals surface area contributed by atoms with Crippen molar-refractivity contribution in [1.82, 2.24) is 5.43 Å². The number of amides is 2. The van der Waals surface area contributed by atoms with Crippen molar-refractivity contribution in [2.45, 2.75) is 5.92 Å². The van der Waals surface area contributed by atoms with E-state index < -0.39 is 17.7 Å². The second-order valence-electron chi connectivity index (χ2n) is 4.71. The first-order chi connectivity index (χ1) is 10.1. The third-order valence-electron chi connectivity index (χ3n) is 3.45. The zero-order valence-electron chi connectivity index (χ0n) is 10.9. The van der Waals surface area contributed by atoms with E-state index in [2.05, 4.69) is 5.32 Å². The van der Waals surface area contributed by atoms with Crippen LogP contribution in [0.5, 0.6) is 0 Å². The molecule has 1 heterocycles. The maximum Gasteiger partial charge on any atom is 0.251 e. The fourth-order valence-corrected chi connectivity index (χ4v) is 2.56. The van der Waals surface area contributed by atoms with Crippen molar-refractivity contribution in [3.8, 4) is 11.1 Å². The quantitative estimate of drug-likeness (QED) is 0.338. The fraction of sp³-hybridized carbons (Fsp3) is 0.0667. The van der Waals surface area contributed by atoms with Crippen LogP contribution in [0.1, 0.15) is 11.5 Å². The molecule has 0 bridgehead atoms. The van der Waals surface area contributed by atoms with Crippen molar-refractivity contribution in [1.29, 1.82) is 0 Å². The van der Waals surface area contributed by atoms with Gasteiger partial charge in [0.15, 0.2) is 0 Å². The summed E-state index contributed by atoms with van der Waals surface area (Å²) in [6.07, 6.45) is 0. The van der Waals surface area contributed by atoms with Gasteiger partial charge in [0, 0.05) is 11.3 Å². The summed E-state index contributed by atoms with van der Waals surface area (Å²) in [5.41, 5.74) is 4.26. The number of nitrogens with one attached hydrogen (secondary N) is 2. The van der Waals surface area contributed by atoms with E-state index in [9.17, 15) is 14.0 Å². The molecule has 0 aromatic heterocycles. The van der Waals surface area contributed by atoms with Gasteiger partial charge in [-0.05, 0) is 29.3 Å². The number of hydrogen-bond acceptors (Lipinski definition) is 3. The summed E-state index contributed by atoms with van der Waals surface area (Å²) in [4.78, 5) is 23.8. The minimum atomic E-state index is -1.04. The number of halogens is 1. The van der Waals surface area contributed by atoms with Crippen molar-refractivity contribution < 1.29 is 14.0 Å². The Kier molecular flexibility index (Phi) is 3.15. The van der Waals surface area contributed by atoms with Gasteiger partial charge >= 0.3 is 0 Å². The maximum atomic E-state index is 13.4. The van der Waals surface area contributed by atoms with E-state index in [1.54, 1.807) is 30.3 Å². The van der Waals surface area contributed by atoms with Gasteiger partial charge < -0.3 is 5.32 Å². The van der Waals surface area contributed by atoms with E-state index >= 15 is 0 Å². The van der Waals surface area contributed by atoms with Crippen molar-refractivity contribution in [3.05, 3.63) is 53.8 Å². The Morgan fingerprint density at radius 1 is 1.24 bits per heavy atom. The van der Waals surface area contributed by atoms with Crippen molar-refractivity contribution >= 4 is 17.5 Å². The zero-order chi connectivity index (χ0) is 15.0. The molecule has 3 rings (SSSR count). The van der Waals surface area contributed by atoms with Crippen molar-refractivity contribution in [2.75, 3.05) is 5.32 Å². The molecule has 2 aromatic carbocycles. The number of carbonyl (C=O) groups excluding carboxylic acids is 2. The van der Waals surface area contributed by atoms with Crippen LogP contribution < -0.4 is 16.6 Å². The van der Waals surface area contributed by atoms with Crippen molar-refractivity contribution in [3.63, 3.8) is 0 Å². The van der Waals surface area contributed by atoms with Crippen molar-refractivity contribution in [2.24, 2.45) is 5.84 Å². The molecule has 0 saturated heterocycles. The monoisotopic (exact) mass is 285 g/mol. The lowest BCUT2D eigenvalue weighted by Crippen LogP contribution is -2.37. The number of fused-ring (bicyclic) bond motifs is 1. The van der Waals surface area contributed by atoms with Gasteiger partial charge in [0.2, 0.25) is 5.91 Å². The lowest BCUT2D eigenvalue weighted by molar-refractivity contribution is -0.128. The van der Waals surface area contributed by atoms with Gasteiger partial charge in [0.05, 0.1) is 0 Å². The number of rotatable bonds is 2. The predicted molar refractivity (Wildman–Crippen MR) is 75.5 cm³/mol. The average molecular weight is 285 g/mol. The summed E-state index contributed by atoms with van der Waals surface area (Å²) in [6, 6.07) is 11.2. The van der Waals surface area contributed by atoms with Crippen LogP contribution in [0, 0.1) is 5.82 Å². The molecule has 6 heteroatoms. The second kappa shape index (κ2) is 4.99. The Morgan fingerprint density at radius 2 is 2.00 bits per heavy atom. The number of carbonyl (C=O) groups is 2. The van der Waals surface area contributed by atoms with Crippen LogP contribution in [0.3, 0.4) is 0 Å². The van der Waals surface area contributed by atoms with Crippen LogP contribution in [-0.4, -0.2) is 11.8 Å². The first-order valence-corrected chi connectivity index (χ1v) is 6.32. The molecule has 1 unspecified atom stereocenters. The normalized spacial score (nSPS) is 16.3. The summed E-state index contributed by atoms with van der Waals surface area (Å²) in [7, 11) is 0. The number of hydrogen-bond donors (Lipinski definition) is 3. The fourth-order valence-electron chi connectivity index (χ4n) is 2.56. The lowest BCUT2D eigenvalue weighted by Gasteiger charge is -2.12. The molecular formula is C15H12FN3O2. The van der Waals surface area contributed by atoms with E-state index in [-0.39, 0.29) is 5.82 Å². The highest BCUT2D eigenvalue weighted by Gasteiger charge is 2.38. The Morgan fingerprint density at radius 3 is 2.71 bits per heavy atom. The van der Waals surface area contributed by atoms with Gasteiger partial charge in [-0.3, -0.25) is 15.0 Å². The third kappa shape index (κ3) is 2.15. The number of anilines is 1. The van der Waals surface area contributed by atoms with E-state index in [4.69, 9.17) is 5.84 Å². The Labute approximate surface area is 119 Å². The highest BCUT2D eigenvalue weighted by molar-refractivity contribution is 6.17. The number of nitrogens with two attached hydrogens (primary N) is 1. The topological polar surface area (TPSA) is 84.2 Å². The molecule has 0 radical (unpaired) electrons. The van der Waals surface area contributed by atoms with Gasteiger partial charge in [-0.2, -0.15) is 0 Å². The predicted octanol–water partition coefficient (Wildman–Crippen LogP) is 1.52. The molecule has 2 amide bonds. The molecule has 1 aliphatic rings. The molecule has 5 nitrogen and oxygen atoms in total. The smallest absolute Gasteiger partial charge is 0.251 e. The first kappa shape index (κ1) is 13.3. The van der Waals surface area contributed by atoms with Gasteiger partial charge in [0.25, 0.3) is 5.91 Å². The third-order valence-corrected chi connectivity index (χ3v) is 3.45. The van der Waals surface area contributed by atoms with Gasteiger partial charge in [-0.25, -0.2) is 10.2 Å². The van der Waals surface area contributed by atoms with E-state index in [0.717, 1.165) is 0 Å². The molecule has 0 saturated carbocycles. The first-order valence-electron chi connectivity index (χ1n) is 6.32. The average Bonchev–Trinajstić information content (AvgIpc) is 2.82. The molecular weight excluding hydrogens is 273 g/mol. The van der Waals surface area contributed by atoms with Crippen LogP contribution in [0.2, 0.25) is 0 Å². The van der Waals surface area contributed by atoms with Crippen LogP contribution in [0.25, 0.3) is 11.1 Å². The lowest BCUT2D eigenvalue weighted by atomic mass is 9.91. The van der Waals surface area contributed by atoms with E-state index in [0.29, 0.717) is 22.4 Å². The highest BCUT2D eigenvalue weighted by Crippen LogP contribution is 2.40. The minimum Gasteiger partial charge on any atom is -0.325 e. The Bertz CT molecular complexity index is 737. The Balaban J connectivity index is 2.20. The molecule has 2 aromatic rings. The van der Waals surface area contributed by atoms with E-state index in [1.807, 2.05) is 5.43 Å². The summed E-state index contributed by atoms with van der Waals surface area (Å²) < 4.78 is 13.4. The van der Waals surface area contributed by atoms with Crippen LogP contribution in [0.15, 0.2) is 42.5 Å². The molecule has 0 spiro atoms.